The maximum atomic E-state index is 13.6. The lowest BCUT2D eigenvalue weighted by Crippen LogP contribution is -2.52. The summed E-state index contributed by atoms with van der Waals surface area (Å²) in [6, 6.07) is 13.5. The lowest BCUT2D eigenvalue weighted by atomic mass is 10.0. The van der Waals surface area contributed by atoms with Crippen molar-refractivity contribution in [1.29, 1.82) is 0 Å². The number of carbonyl (C=O) groups excluding carboxylic acids is 1. The normalized spacial score (nSPS) is 17.7. The van der Waals surface area contributed by atoms with Crippen LogP contribution in [0.15, 0.2) is 59.5 Å². The molecule has 0 aliphatic carbocycles. The van der Waals surface area contributed by atoms with Crippen molar-refractivity contribution in [1.82, 2.24) is 9.62 Å². The Labute approximate surface area is 228 Å². The van der Waals surface area contributed by atoms with E-state index in [4.69, 9.17) is 19.7 Å². The number of benzene rings is 2. The summed E-state index contributed by atoms with van der Waals surface area (Å²) in [6.45, 7) is 3.87. The molecule has 0 radical (unpaired) electrons. The average molecular weight is 586 g/mol. The highest BCUT2D eigenvalue weighted by molar-refractivity contribution is 7.89. The quantitative estimate of drug-likeness (QED) is 0.202. The third-order valence-electron chi connectivity index (χ3n) is 5.96. The molecule has 1 fully saturated rings. The number of nitrogens with two attached hydrogens (primary N) is 1. The smallest absolute Gasteiger partial charge is 0.444 e. The molecule has 0 spiro atoms. The first kappa shape index (κ1) is 31.0. The second-order valence-electron chi connectivity index (χ2n) is 9.75. The number of ether oxygens (including phenoxy) is 2. The fraction of sp³-hybridized carbons (Fsp3) is 0.480. The lowest BCUT2D eigenvalue weighted by Gasteiger charge is -2.33. The average Bonchev–Trinajstić information content (AvgIpc) is 3.35. The fourth-order valence-electron chi connectivity index (χ4n) is 4.16. The van der Waals surface area contributed by atoms with Crippen LogP contribution >= 0.6 is 7.82 Å². The Balaban J connectivity index is 1.96. The fourth-order valence-corrected chi connectivity index (χ4v) is 6.35. The number of hydrogen-bond donors (Lipinski definition) is 4. The molecule has 0 saturated carbocycles. The summed E-state index contributed by atoms with van der Waals surface area (Å²) in [5.74, 6) is -0.142. The molecule has 1 heterocycles. The van der Waals surface area contributed by atoms with Crippen LogP contribution in [0.1, 0.15) is 25.8 Å². The van der Waals surface area contributed by atoms with E-state index in [2.05, 4.69) is 5.32 Å². The molecule has 14 heteroatoms. The van der Waals surface area contributed by atoms with Gasteiger partial charge in [0.25, 0.3) is 0 Å². The largest absolute Gasteiger partial charge is 0.469 e. The van der Waals surface area contributed by atoms with Gasteiger partial charge in [-0.3, -0.25) is 4.52 Å². The Morgan fingerprint density at radius 2 is 1.82 bits per heavy atom. The number of sulfonamides is 1. The first-order chi connectivity index (χ1) is 18.3. The Morgan fingerprint density at radius 3 is 2.38 bits per heavy atom. The zero-order chi connectivity index (χ0) is 28.6. The van der Waals surface area contributed by atoms with Gasteiger partial charge in [0.15, 0.2) is 0 Å². The number of rotatable bonds is 13. The van der Waals surface area contributed by atoms with Gasteiger partial charge in [-0.05, 0) is 42.2 Å². The number of nitrogens with one attached hydrogen (secondary N) is 1. The third kappa shape index (κ3) is 9.87. The molecule has 1 amide bonds. The van der Waals surface area contributed by atoms with Crippen molar-refractivity contribution in [3.05, 3.63) is 60.2 Å². The second-order valence-corrected chi connectivity index (χ2v) is 12.9. The van der Waals surface area contributed by atoms with Crippen molar-refractivity contribution < 1.29 is 41.6 Å². The van der Waals surface area contributed by atoms with Crippen molar-refractivity contribution in [3.8, 4) is 0 Å². The van der Waals surface area contributed by atoms with Crippen LogP contribution in [0.2, 0.25) is 0 Å². The van der Waals surface area contributed by atoms with Crippen molar-refractivity contribution in [3.63, 3.8) is 0 Å². The van der Waals surface area contributed by atoms with E-state index >= 15 is 0 Å². The molecule has 0 bridgehead atoms. The molecule has 0 unspecified atom stereocenters. The third-order valence-corrected chi connectivity index (χ3v) is 8.35. The van der Waals surface area contributed by atoms with E-state index in [0.717, 1.165) is 9.87 Å². The highest BCUT2D eigenvalue weighted by Gasteiger charge is 2.37. The van der Waals surface area contributed by atoms with Crippen LogP contribution in [-0.4, -0.2) is 73.2 Å². The maximum absolute atomic E-state index is 13.6. The molecule has 3 rings (SSSR count). The first-order valence-electron chi connectivity index (χ1n) is 12.5. The van der Waals surface area contributed by atoms with E-state index < -0.39 is 48.7 Å². The number of nitrogen functional groups attached to an aromatic ring is 1. The number of phosphoric acid groups is 1. The number of alkyl carbamates (subject to hydrolysis) is 1. The molecule has 0 aromatic heterocycles. The summed E-state index contributed by atoms with van der Waals surface area (Å²) in [4.78, 5) is 32.3. The standard InChI is InChI=1S/C25H36N3O9PS/c1-18(2)15-28(39(33,34)22-10-8-20(26)9-11-22)16-24(37-38(30,31)32)23(14-19-6-4-3-5-7-19)27-25(29)36-21-12-13-35-17-21/h3-11,18,21,23-24H,12-17,26H2,1-2H3,(H,27,29)(H2,30,31,32)/t21-,23+,24+/m0/s1. The molecule has 2 aromatic rings. The Hall–Kier alpha value is -2.51. The topological polar surface area (TPSA) is 178 Å². The van der Waals surface area contributed by atoms with E-state index in [9.17, 15) is 27.6 Å². The summed E-state index contributed by atoms with van der Waals surface area (Å²) in [5.41, 5.74) is 6.82. The van der Waals surface area contributed by atoms with Gasteiger partial charge in [-0.2, -0.15) is 4.31 Å². The molecule has 5 N–H and O–H groups in total. The van der Waals surface area contributed by atoms with Gasteiger partial charge in [-0.25, -0.2) is 17.8 Å². The monoisotopic (exact) mass is 585 g/mol. The summed E-state index contributed by atoms with van der Waals surface area (Å²) >= 11 is 0. The second kappa shape index (κ2) is 13.7. The predicted octanol–water partition coefficient (Wildman–Crippen LogP) is 2.52. The van der Waals surface area contributed by atoms with Gasteiger partial charge >= 0.3 is 13.9 Å². The maximum Gasteiger partial charge on any atom is 0.469 e. The molecule has 1 aliphatic rings. The first-order valence-corrected chi connectivity index (χ1v) is 15.5. The molecule has 1 aliphatic heterocycles. The van der Waals surface area contributed by atoms with E-state index in [-0.39, 0.29) is 30.4 Å². The Kier molecular flexibility index (Phi) is 10.9. The van der Waals surface area contributed by atoms with E-state index in [0.29, 0.717) is 18.7 Å². The Bertz CT molecular complexity index is 1220. The SMILES string of the molecule is CC(C)CN(C[C@@H](OP(=O)(O)O)[C@@H](Cc1ccccc1)NC(=O)O[C@H]1CCOC1)S(=O)(=O)c1ccc(N)cc1. The van der Waals surface area contributed by atoms with Gasteiger partial charge in [-0.15, -0.1) is 0 Å². The molecule has 3 atom stereocenters. The number of amides is 1. The highest BCUT2D eigenvalue weighted by atomic mass is 32.2. The molecule has 2 aromatic carbocycles. The minimum atomic E-state index is -5.12. The van der Waals surface area contributed by atoms with Crippen LogP contribution in [-0.2, 0) is 35.0 Å². The van der Waals surface area contributed by atoms with Gasteiger partial charge in [-0.1, -0.05) is 44.2 Å². The van der Waals surface area contributed by atoms with Crippen LogP contribution in [0, 0.1) is 5.92 Å². The minimum absolute atomic E-state index is 0.0235. The minimum Gasteiger partial charge on any atom is -0.444 e. The van der Waals surface area contributed by atoms with Gasteiger partial charge in [0, 0.05) is 25.2 Å². The van der Waals surface area contributed by atoms with Crippen LogP contribution in [0.3, 0.4) is 0 Å². The summed E-state index contributed by atoms with van der Waals surface area (Å²) < 4.78 is 56.2. The number of hydrogen-bond acceptors (Lipinski definition) is 8. The van der Waals surface area contributed by atoms with E-state index in [1.807, 2.05) is 13.8 Å². The number of phosphoric ester groups is 1. The zero-order valence-electron chi connectivity index (χ0n) is 21.9. The molecular weight excluding hydrogens is 549 g/mol. The number of anilines is 1. The summed E-state index contributed by atoms with van der Waals surface area (Å²) in [6.07, 6.45) is -2.14. The molecule has 1 saturated heterocycles. The van der Waals surface area contributed by atoms with Gasteiger partial charge < -0.3 is 30.3 Å². The van der Waals surface area contributed by atoms with Crippen LogP contribution in [0.25, 0.3) is 0 Å². The predicted molar refractivity (Wildman–Crippen MR) is 144 cm³/mol. The van der Waals surface area contributed by atoms with Crippen LogP contribution in [0.5, 0.6) is 0 Å². The van der Waals surface area contributed by atoms with Gasteiger partial charge in [0.05, 0.1) is 24.2 Å². The molecular formula is C25H36N3O9PS. The van der Waals surface area contributed by atoms with Crippen molar-refractivity contribution in [2.45, 2.75) is 49.8 Å². The van der Waals surface area contributed by atoms with Gasteiger partial charge in [0.2, 0.25) is 10.0 Å². The van der Waals surface area contributed by atoms with E-state index in [1.54, 1.807) is 30.3 Å². The molecule has 12 nitrogen and oxygen atoms in total. The molecule has 39 heavy (non-hydrogen) atoms. The molecule has 216 valence electrons. The number of carbonyl (C=O) groups is 1. The van der Waals surface area contributed by atoms with Crippen LogP contribution < -0.4 is 11.1 Å². The van der Waals surface area contributed by atoms with Crippen molar-refractivity contribution in [2.24, 2.45) is 5.92 Å². The summed E-state index contributed by atoms with van der Waals surface area (Å²) in [5, 5.41) is 2.65. The zero-order valence-corrected chi connectivity index (χ0v) is 23.6. The van der Waals surface area contributed by atoms with E-state index in [1.165, 1.54) is 24.3 Å². The van der Waals surface area contributed by atoms with Gasteiger partial charge in [0.1, 0.15) is 12.2 Å². The Morgan fingerprint density at radius 1 is 1.15 bits per heavy atom. The van der Waals surface area contributed by atoms with Crippen molar-refractivity contribution >= 4 is 29.6 Å². The summed E-state index contributed by atoms with van der Waals surface area (Å²) in [7, 11) is -9.26. The lowest BCUT2D eigenvalue weighted by molar-refractivity contribution is 0.0601. The highest BCUT2D eigenvalue weighted by Crippen LogP contribution is 2.39. The van der Waals surface area contributed by atoms with Crippen LogP contribution in [0.4, 0.5) is 10.5 Å². The van der Waals surface area contributed by atoms with Crippen molar-refractivity contribution in [2.75, 3.05) is 32.0 Å². The number of nitrogens with zero attached hydrogens (tertiary/aromatic N) is 1.